The topological polar surface area (TPSA) is 72.6 Å². The first-order valence-electron chi connectivity index (χ1n) is 7.42. The lowest BCUT2D eigenvalue weighted by molar-refractivity contribution is -0.925. The summed E-state index contributed by atoms with van der Waals surface area (Å²) in [6.45, 7) is 10.9. The molecule has 1 aliphatic rings. The lowest BCUT2D eigenvalue weighted by atomic mass is 10.2. The zero-order valence-corrected chi connectivity index (χ0v) is 12.9. The predicted octanol–water partition coefficient (Wildman–Crippen LogP) is -0.0343. The summed E-state index contributed by atoms with van der Waals surface area (Å²) in [5.74, 6) is -0.420. The fourth-order valence-electron chi connectivity index (χ4n) is 2.82. The molecule has 1 aliphatic heterocycles. The highest BCUT2D eigenvalue weighted by atomic mass is 16.5. The number of rotatable bonds is 7. The molecule has 1 fully saturated rings. The van der Waals surface area contributed by atoms with Gasteiger partial charge >= 0.3 is 5.97 Å². The number of nitrogens with two attached hydrogens (primary N) is 1. The monoisotopic (exact) mass is 286 g/mol. The van der Waals surface area contributed by atoms with Crippen LogP contribution in [0.15, 0.2) is 0 Å². The zero-order valence-electron chi connectivity index (χ0n) is 12.9. The van der Waals surface area contributed by atoms with Gasteiger partial charge in [0.25, 0.3) is 0 Å². The first kappa shape index (κ1) is 16.9. The molecule has 0 aromatic heterocycles. The first-order valence-corrected chi connectivity index (χ1v) is 7.42. The van der Waals surface area contributed by atoms with Crippen LogP contribution in [-0.4, -0.2) is 73.2 Å². The molecule has 6 heteroatoms. The molecular weight excluding hydrogens is 258 g/mol. The van der Waals surface area contributed by atoms with E-state index in [0.717, 1.165) is 43.6 Å². The Morgan fingerprint density at radius 2 is 1.90 bits per heavy atom. The van der Waals surface area contributed by atoms with Crippen LogP contribution in [0.5, 0.6) is 0 Å². The van der Waals surface area contributed by atoms with E-state index in [1.807, 2.05) is 13.8 Å². The number of esters is 1. The van der Waals surface area contributed by atoms with Crippen molar-refractivity contribution in [1.82, 2.24) is 4.90 Å². The summed E-state index contributed by atoms with van der Waals surface area (Å²) >= 11 is 0. The van der Waals surface area contributed by atoms with Gasteiger partial charge in [-0.2, -0.15) is 0 Å². The number of hydrogen-bond donors (Lipinski definition) is 1. The molecule has 1 heterocycles. The lowest BCUT2D eigenvalue weighted by Crippen LogP contribution is -2.62. The molecule has 1 saturated heterocycles. The molecule has 0 bridgehead atoms. The van der Waals surface area contributed by atoms with E-state index in [1.165, 1.54) is 0 Å². The van der Waals surface area contributed by atoms with Crippen LogP contribution in [0.1, 0.15) is 27.2 Å². The second kappa shape index (κ2) is 7.59. The number of ether oxygens (including phenoxy) is 1. The van der Waals surface area contributed by atoms with Gasteiger partial charge in [0.15, 0.2) is 6.54 Å². The molecule has 6 nitrogen and oxygen atoms in total. The fourth-order valence-corrected chi connectivity index (χ4v) is 2.82. The Hall–Kier alpha value is -1.14. The summed E-state index contributed by atoms with van der Waals surface area (Å²) in [4.78, 5) is 24.9. The van der Waals surface area contributed by atoms with Crippen molar-refractivity contribution < 1.29 is 18.8 Å². The molecule has 0 unspecified atom stereocenters. The van der Waals surface area contributed by atoms with Crippen molar-refractivity contribution >= 4 is 11.9 Å². The Kier molecular flexibility index (Phi) is 6.42. The van der Waals surface area contributed by atoms with Crippen LogP contribution < -0.4 is 5.73 Å². The third kappa shape index (κ3) is 5.46. The van der Waals surface area contributed by atoms with Gasteiger partial charge in [0, 0.05) is 13.1 Å². The highest BCUT2D eigenvalue weighted by Gasteiger charge is 2.35. The molecule has 1 amide bonds. The maximum atomic E-state index is 11.9. The minimum absolute atomic E-state index is 0.0691. The van der Waals surface area contributed by atoms with Gasteiger partial charge in [-0.05, 0) is 20.3 Å². The van der Waals surface area contributed by atoms with Gasteiger partial charge in [-0.15, -0.1) is 0 Å². The van der Waals surface area contributed by atoms with Crippen LogP contribution in [-0.2, 0) is 14.3 Å². The van der Waals surface area contributed by atoms with Gasteiger partial charge in [-0.1, -0.05) is 6.92 Å². The third-order valence-electron chi connectivity index (χ3n) is 3.69. The number of nitrogens with zero attached hydrogens (tertiary/aromatic N) is 2. The van der Waals surface area contributed by atoms with Crippen LogP contribution in [0.2, 0.25) is 0 Å². The van der Waals surface area contributed by atoms with Gasteiger partial charge in [0.1, 0.15) is 0 Å². The van der Waals surface area contributed by atoms with E-state index in [2.05, 4.69) is 11.8 Å². The summed E-state index contributed by atoms with van der Waals surface area (Å²) in [5, 5.41) is 0. The molecule has 0 atom stereocenters. The van der Waals surface area contributed by atoms with Crippen LogP contribution >= 0.6 is 0 Å². The summed E-state index contributed by atoms with van der Waals surface area (Å²) < 4.78 is 6.03. The molecule has 1 rings (SSSR count). The Bertz CT molecular complexity index is 337. The van der Waals surface area contributed by atoms with E-state index < -0.39 is 0 Å². The highest BCUT2D eigenvalue weighted by Crippen LogP contribution is 2.15. The number of carbonyl (C=O) groups excluding carboxylic acids is 2. The quantitative estimate of drug-likeness (QED) is 0.527. The predicted molar refractivity (Wildman–Crippen MR) is 76.9 cm³/mol. The Balaban J connectivity index is 2.57. The minimum Gasteiger partial charge on any atom is -0.459 e. The van der Waals surface area contributed by atoms with Gasteiger partial charge < -0.3 is 15.0 Å². The molecule has 0 spiro atoms. The van der Waals surface area contributed by atoms with Crippen LogP contribution in [0.3, 0.4) is 0 Å². The van der Waals surface area contributed by atoms with Gasteiger partial charge in [0.05, 0.1) is 32.3 Å². The van der Waals surface area contributed by atoms with E-state index in [9.17, 15) is 9.59 Å². The van der Waals surface area contributed by atoms with Crippen molar-refractivity contribution in [3.63, 3.8) is 0 Å². The summed E-state index contributed by atoms with van der Waals surface area (Å²) in [5.41, 5.74) is 5.23. The number of amides is 1. The Labute approximate surface area is 121 Å². The maximum absolute atomic E-state index is 11.9. The molecule has 116 valence electrons. The van der Waals surface area contributed by atoms with E-state index in [-0.39, 0.29) is 18.0 Å². The lowest BCUT2D eigenvalue weighted by Gasteiger charge is -2.44. The van der Waals surface area contributed by atoms with Gasteiger partial charge in [-0.3, -0.25) is 9.69 Å². The van der Waals surface area contributed by atoms with E-state index >= 15 is 0 Å². The zero-order chi connectivity index (χ0) is 15.2. The second-order valence-electron chi connectivity index (χ2n) is 5.95. The molecule has 0 radical (unpaired) electrons. The van der Waals surface area contributed by atoms with Crippen molar-refractivity contribution in [3.05, 3.63) is 0 Å². The number of primary amides is 1. The number of piperazine rings is 1. The van der Waals surface area contributed by atoms with Gasteiger partial charge in [0.2, 0.25) is 5.91 Å². The second-order valence-corrected chi connectivity index (χ2v) is 5.95. The third-order valence-corrected chi connectivity index (χ3v) is 3.69. The van der Waals surface area contributed by atoms with Crippen LogP contribution in [0.4, 0.5) is 0 Å². The number of hydrogen-bond acceptors (Lipinski definition) is 4. The smallest absolute Gasteiger partial charge is 0.362 e. The van der Waals surface area contributed by atoms with Crippen molar-refractivity contribution in [2.75, 3.05) is 45.8 Å². The number of quaternary nitrogens is 1. The average Bonchev–Trinajstić information content (AvgIpc) is 2.31. The SMILES string of the molecule is CCC[N+]1(CC(=O)OC(C)C)CCN(CC(N)=O)CC1. The average molecular weight is 286 g/mol. The van der Waals surface area contributed by atoms with E-state index in [4.69, 9.17) is 10.5 Å². The molecular formula is C14H28N3O3+. The summed E-state index contributed by atoms with van der Waals surface area (Å²) in [6.07, 6.45) is 0.963. The van der Waals surface area contributed by atoms with E-state index in [1.54, 1.807) is 0 Å². The van der Waals surface area contributed by atoms with E-state index in [0.29, 0.717) is 13.1 Å². The standard InChI is InChI=1S/C14H27N3O3/c1-4-7-17(11-14(19)20-12(2)3)8-5-16(6-9-17)10-13(15)18/h12H,4-11H2,1-3H3,(H-,15,18)/p+1. The Morgan fingerprint density at radius 1 is 1.30 bits per heavy atom. The van der Waals surface area contributed by atoms with Crippen LogP contribution in [0.25, 0.3) is 0 Å². The maximum Gasteiger partial charge on any atom is 0.362 e. The van der Waals surface area contributed by atoms with Gasteiger partial charge in [-0.25, -0.2) is 4.79 Å². The molecule has 0 aliphatic carbocycles. The summed E-state index contributed by atoms with van der Waals surface area (Å²) in [7, 11) is 0. The largest absolute Gasteiger partial charge is 0.459 e. The first-order chi connectivity index (χ1) is 9.37. The molecule has 0 aromatic rings. The molecule has 20 heavy (non-hydrogen) atoms. The molecule has 2 N–H and O–H groups in total. The Morgan fingerprint density at radius 3 is 2.35 bits per heavy atom. The fraction of sp³-hybridized carbons (Fsp3) is 0.857. The normalized spacial score (nSPS) is 19.0. The van der Waals surface area contributed by atoms with Crippen LogP contribution in [0, 0.1) is 0 Å². The number of carbonyl (C=O) groups is 2. The highest BCUT2D eigenvalue weighted by molar-refractivity contribution is 5.75. The van der Waals surface area contributed by atoms with Crippen molar-refractivity contribution in [2.45, 2.75) is 33.3 Å². The molecule has 0 aromatic carbocycles. The minimum atomic E-state index is -0.292. The van der Waals surface area contributed by atoms with Crippen molar-refractivity contribution in [2.24, 2.45) is 5.73 Å². The molecule has 0 saturated carbocycles. The summed E-state index contributed by atoms with van der Waals surface area (Å²) in [6, 6.07) is 0. The van der Waals surface area contributed by atoms with Crippen molar-refractivity contribution in [1.29, 1.82) is 0 Å². The van der Waals surface area contributed by atoms with Crippen molar-refractivity contribution in [3.8, 4) is 0 Å².